The zero-order valence-electron chi connectivity index (χ0n) is 24.9. The number of imidazole rings is 1. The van der Waals surface area contributed by atoms with Crippen molar-refractivity contribution in [3.63, 3.8) is 0 Å². The number of ether oxygens (including phenoxy) is 2. The molecule has 47 heavy (non-hydrogen) atoms. The number of carbonyl (C=O) groups excluding carboxylic acids is 2. The van der Waals surface area contributed by atoms with Crippen molar-refractivity contribution in [3.8, 4) is 5.88 Å². The summed E-state index contributed by atoms with van der Waals surface area (Å²) in [5.41, 5.74) is -2.12. The summed E-state index contributed by atoms with van der Waals surface area (Å²) in [6.45, 7) is -1.08. The lowest BCUT2D eigenvalue weighted by Gasteiger charge is -2.34. The molecule has 5 rings (SSSR count). The number of nitrogens with one attached hydrogen (secondary N) is 3. The van der Waals surface area contributed by atoms with Crippen LogP contribution in [0.5, 0.6) is 5.88 Å². The molecule has 3 aromatic rings. The number of benzene rings is 1. The molecule has 2 saturated carbocycles. The van der Waals surface area contributed by atoms with E-state index in [9.17, 15) is 44.7 Å². The van der Waals surface area contributed by atoms with Crippen LogP contribution < -0.4 is 15.4 Å². The van der Waals surface area contributed by atoms with Gasteiger partial charge in [-0.25, -0.2) is 18.4 Å². The average molecular weight is 683 g/mol. The number of aromatic amines is 1. The minimum atomic E-state index is -4.80. The maximum Gasteiger partial charge on any atom is 0.422 e. The summed E-state index contributed by atoms with van der Waals surface area (Å²) in [5, 5.41) is 11.6. The van der Waals surface area contributed by atoms with Gasteiger partial charge in [-0.3, -0.25) is 9.59 Å². The zero-order valence-corrected chi connectivity index (χ0v) is 24.9. The number of aromatic nitrogens is 4. The monoisotopic (exact) mass is 682 g/mol. The third kappa shape index (κ3) is 8.47. The van der Waals surface area contributed by atoms with E-state index in [4.69, 9.17) is 4.74 Å². The SMILES string of the molecule is CC(C)(OC[C@H](NC(=O)c1nonc1OCC(F)(F)F)c1nc2cc([C@H](NC(=O)CC3CC(F)(F)C3)C3CC3)ccc2[nH]1)C(F)(F)F. The van der Waals surface area contributed by atoms with Crippen molar-refractivity contribution in [2.45, 2.75) is 81.9 Å². The molecule has 0 bridgehead atoms. The molecule has 1 aromatic carbocycles. The van der Waals surface area contributed by atoms with Crippen LogP contribution in [0, 0.1) is 11.8 Å². The molecule has 0 aliphatic heterocycles. The molecule has 2 heterocycles. The molecule has 2 aliphatic rings. The number of hydrogen-bond donors (Lipinski definition) is 3. The Kier molecular flexibility index (Phi) is 9.15. The maximum atomic E-state index is 13.5. The van der Waals surface area contributed by atoms with Crippen LogP contribution in [-0.2, 0) is 9.53 Å². The minimum Gasteiger partial charge on any atom is -0.464 e. The number of rotatable bonds is 13. The van der Waals surface area contributed by atoms with Gasteiger partial charge in [0.1, 0.15) is 11.9 Å². The van der Waals surface area contributed by atoms with Crippen molar-refractivity contribution in [2.75, 3.05) is 13.2 Å². The molecule has 2 aromatic heterocycles. The second-order valence-corrected chi connectivity index (χ2v) is 12.3. The summed E-state index contributed by atoms with van der Waals surface area (Å²) >= 11 is 0. The Balaban J connectivity index is 1.36. The summed E-state index contributed by atoms with van der Waals surface area (Å²) < 4.78 is 119. The van der Waals surface area contributed by atoms with Crippen molar-refractivity contribution in [3.05, 3.63) is 35.3 Å². The molecule has 0 unspecified atom stereocenters. The second-order valence-electron chi connectivity index (χ2n) is 12.3. The number of hydrogen-bond acceptors (Lipinski definition) is 8. The predicted octanol–water partition coefficient (Wildman–Crippen LogP) is 5.72. The summed E-state index contributed by atoms with van der Waals surface area (Å²) in [6, 6.07) is 3.09. The molecule has 19 heteroatoms. The van der Waals surface area contributed by atoms with Gasteiger partial charge >= 0.3 is 12.4 Å². The Morgan fingerprint density at radius 1 is 1.09 bits per heavy atom. The molecule has 0 spiro atoms. The number of nitrogens with zero attached hydrogens (tertiary/aromatic N) is 3. The van der Waals surface area contributed by atoms with E-state index in [1.165, 1.54) is 0 Å². The predicted molar refractivity (Wildman–Crippen MR) is 144 cm³/mol. The number of alkyl halides is 8. The first kappa shape index (κ1) is 34.3. The van der Waals surface area contributed by atoms with Gasteiger partial charge in [-0.05, 0) is 66.5 Å². The normalized spacial score (nSPS) is 18.4. The molecule has 0 saturated heterocycles. The first-order valence-electron chi connectivity index (χ1n) is 14.5. The van der Waals surface area contributed by atoms with Crippen LogP contribution in [0.15, 0.2) is 22.8 Å². The summed E-state index contributed by atoms with van der Waals surface area (Å²) in [7, 11) is 0. The summed E-state index contributed by atoms with van der Waals surface area (Å²) in [6.07, 6.45) is -8.66. The lowest BCUT2D eigenvalue weighted by molar-refractivity contribution is -0.265. The molecule has 0 radical (unpaired) electrons. The lowest BCUT2D eigenvalue weighted by Crippen LogP contribution is -2.44. The molecule has 2 amide bonds. The van der Waals surface area contributed by atoms with Crippen molar-refractivity contribution < 1.29 is 58.8 Å². The molecule has 3 N–H and O–H groups in total. The molecule has 2 fully saturated rings. The van der Waals surface area contributed by atoms with Crippen LogP contribution in [0.3, 0.4) is 0 Å². The van der Waals surface area contributed by atoms with E-state index < -0.39 is 72.6 Å². The van der Waals surface area contributed by atoms with E-state index in [2.05, 4.69) is 40.3 Å². The van der Waals surface area contributed by atoms with Gasteiger partial charge in [-0.1, -0.05) is 6.07 Å². The van der Waals surface area contributed by atoms with Crippen molar-refractivity contribution in [1.29, 1.82) is 0 Å². The fourth-order valence-electron chi connectivity index (χ4n) is 5.08. The lowest BCUT2D eigenvalue weighted by atomic mass is 9.79. The second kappa shape index (κ2) is 12.5. The Bertz CT molecular complexity index is 1590. The van der Waals surface area contributed by atoms with E-state index in [-0.39, 0.29) is 36.9 Å². The third-order valence-electron chi connectivity index (χ3n) is 7.92. The van der Waals surface area contributed by atoms with Crippen molar-refractivity contribution in [1.82, 2.24) is 30.9 Å². The molecule has 258 valence electrons. The molecular weight excluding hydrogens is 652 g/mol. The fraction of sp³-hybridized carbons (Fsp3) is 0.607. The third-order valence-corrected chi connectivity index (χ3v) is 7.92. The highest BCUT2D eigenvalue weighted by atomic mass is 19.4. The highest BCUT2D eigenvalue weighted by molar-refractivity contribution is 5.94. The first-order valence-corrected chi connectivity index (χ1v) is 14.5. The van der Waals surface area contributed by atoms with Gasteiger partial charge < -0.3 is 25.1 Å². The van der Waals surface area contributed by atoms with Crippen molar-refractivity contribution >= 4 is 22.8 Å². The Morgan fingerprint density at radius 2 is 1.79 bits per heavy atom. The smallest absolute Gasteiger partial charge is 0.422 e. The maximum absolute atomic E-state index is 13.5. The minimum absolute atomic E-state index is 0.0345. The van der Waals surface area contributed by atoms with Crippen LogP contribution >= 0.6 is 0 Å². The van der Waals surface area contributed by atoms with Crippen LogP contribution in [-0.4, -0.2) is 69.2 Å². The first-order chi connectivity index (χ1) is 21.8. The quantitative estimate of drug-likeness (QED) is 0.194. The van der Waals surface area contributed by atoms with E-state index in [0.717, 1.165) is 26.7 Å². The van der Waals surface area contributed by atoms with Crippen LogP contribution in [0.2, 0.25) is 0 Å². The molecule has 2 aliphatic carbocycles. The topological polar surface area (TPSA) is 144 Å². The molecular formula is C28H30F8N6O5. The van der Waals surface area contributed by atoms with Crippen LogP contribution in [0.1, 0.15) is 79.9 Å². The molecule has 11 nitrogen and oxygen atoms in total. The molecule has 2 atom stereocenters. The van der Waals surface area contributed by atoms with Gasteiger partial charge in [0.25, 0.3) is 11.8 Å². The number of carbonyl (C=O) groups is 2. The Labute approximate surface area is 261 Å². The largest absolute Gasteiger partial charge is 0.464 e. The van der Waals surface area contributed by atoms with Gasteiger partial charge in [0, 0.05) is 19.3 Å². The van der Waals surface area contributed by atoms with E-state index in [1.807, 2.05) is 0 Å². The Morgan fingerprint density at radius 3 is 2.40 bits per heavy atom. The standard InChI is InChI=1S/C28H30F8N6O5/c1-25(2,28(34,35)36)46-11-18(39-23(44)21-24(42-47-41-21)45-12-27(31,32)33)22-37-16-6-5-15(8-17(16)38-22)20(14-3-4-14)40-19(43)7-13-9-26(29,30)10-13/h5-6,8,13-14,18,20H,3-4,7,9-12H2,1-2H3,(H,37,38)(H,39,44)(H,40,43)/t18-,20+/m0/s1. The zero-order chi connectivity index (χ0) is 34.4. The number of fused-ring (bicyclic) bond motifs is 1. The number of amides is 2. The number of H-pyrrole nitrogens is 1. The van der Waals surface area contributed by atoms with E-state index >= 15 is 0 Å². The summed E-state index contributed by atoms with van der Waals surface area (Å²) in [4.78, 5) is 33.0. The number of halogens is 8. The van der Waals surface area contributed by atoms with Gasteiger partial charge in [0.05, 0.1) is 23.7 Å². The van der Waals surface area contributed by atoms with Gasteiger partial charge in [0.2, 0.25) is 17.5 Å². The highest BCUT2D eigenvalue weighted by Gasteiger charge is 2.49. The van der Waals surface area contributed by atoms with E-state index in [0.29, 0.717) is 16.6 Å². The van der Waals surface area contributed by atoms with Crippen LogP contribution in [0.4, 0.5) is 35.1 Å². The Hall–Kier alpha value is -4.03. The van der Waals surface area contributed by atoms with Crippen molar-refractivity contribution in [2.24, 2.45) is 11.8 Å². The highest BCUT2D eigenvalue weighted by Crippen LogP contribution is 2.45. The van der Waals surface area contributed by atoms with Gasteiger partial charge in [-0.15, -0.1) is 0 Å². The van der Waals surface area contributed by atoms with Crippen LogP contribution in [0.25, 0.3) is 11.0 Å². The van der Waals surface area contributed by atoms with Gasteiger partial charge in [0.15, 0.2) is 12.2 Å². The average Bonchev–Trinajstić information content (AvgIpc) is 3.50. The fourth-order valence-corrected chi connectivity index (χ4v) is 5.08. The van der Waals surface area contributed by atoms with Gasteiger partial charge in [-0.2, -0.15) is 26.3 Å². The summed E-state index contributed by atoms with van der Waals surface area (Å²) in [5.74, 6) is -5.59. The van der Waals surface area contributed by atoms with E-state index in [1.54, 1.807) is 18.2 Å².